The smallest absolute Gasteiger partial charge is 0.241 e. The molecule has 0 spiro atoms. The van der Waals surface area contributed by atoms with Gasteiger partial charge in [-0.3, -0.25) is 4.57 Å². The normalized spacial score (nSPS) is 16.3. The lowest BCUT2D eigenvalue weighted by atomic mass is 10.2. The zero-order valence-corrected chi connectivity index (χ0v) is 11.4. The molecule has 1 N–H and O–H groups in total. The van der Waals surface area contributed by atoms with Crippen LogP contribution in [0, 0.1) is 5.92 Å². The lowest BCUT2D eigenvalue weighted by Crippen LogP contribution is -2.18. The first-order valence-electron chi connectivity index (χ1n) is 6.37. The van der Waals surface area contributed by atoms with Gasteiger partial charge in [0.1, 0.15) is 6.33 Å². The number of hydrogen-bond donors (Lipinski definition) is 1. The van der Waals surface area contributed by atoms with Crippen molar-refractivity contribution in [2.45, 2.75) is 32.2 Å². The molecule has 1 aliphatic rings. The number of halogens is 1. The van der Waals surface area contributed by atoms with E-state index in [0.29, 0.717) is 17.9 Å². The summed E-state index contributed by atoms with van der Waals surface area (Å²) in [5.74, 6) is 1.84. The standard InChI is InChI=1S/C12H15ClN6/c1-8(6-9-2-3-9)15-11-16-10(13)17-12(18-11)19-5-4-14-7-19/h4-5,7-9H,2-3,6H2,1H3,(H,15,16,17,18). The van der Waals surface area contributed by atoms with E-state index in [0.717, 1.165) is 12.3 Å². The molecule has 0 aliphatic heterocycles. The fourth-order valence-corrected chi connectivity index (χ4v) is 2.19. The lowest BCUT2D eigenvalue weighted by molar-refractivity contribution is 0.636. The van der Waals surface area contributed by atoms with Gasteiger partial charge in [-0.15, -0.1) is 0 Å². The first-order chi connectivity index (χ1) is 9.20. The molecule has 7 heteroatoms. The van der Waals surface area contributed by atoms with E-state index >= 15 is 0 Å². The maximum atomic E-state index is 5.93. The number of hydrogen-bond acceptors (Lipinski definition) is 5. The fraction of sp³-hybridized carbons (Fsp3) is 0.500. The summed E-state index contributed by atoms with van der Waals surface area (Å²) in [5.41, 5.74) is 0. The van der Waals surface area contributed by atoms with Crippen LogP contribution in [-0.2, 0) is 0 Å². The van der Waals surface area contributed by atoms with Crippen LogP contribution in [0.1, 0.15) is 26.2 Å². The molecule has 2 aromatic rings. The molecule has 1 unspecified atom stereocenters. The molecule has 2 heterocycles. The van der Waals surface area contributed by atoms with Gasteiger partial charge in [-0.2, -0.15) is 15.0 Å². The number of nitrogens with zero attached hydrogens (tertiary/aromatic N) is 5. The van der Waals surface area contributed by atoms with Crippen LogP contribution >= 0.6 is 11.6 Å². The Bertz CT molecular complexity index is 551. The van der Waals surface area contributed by atoms with Crippen molar-refractivity contribution in [3.05, 3.63) is 24.0 Å². The Kier molecular flexibility index (Phi) is 3.33. The van der Waals surface area contributed by atoms with Crippen LogP contribution in [0.2, 0.25) is 5.28 Å². The highest BCUT2D eigenvalue weighted by Gasteiger charge is 2.23. The van der Waals surface area contributed by atoms with E-state index in [-0.39, 0.29) is 5.28 Å². The van der Waals surface area contributed by atoms with Crippen molar-refractivity contribution in [2.24, 2.45) is 5.92 Å². The summed E-state index contributed by atoms with van der Waals surface area (Å²) in [6, 6.07) is 0.335. The molecule has 2 aromatic heterocycles. The van der Waals surface area contributed by atoms with Gasteiger partial charge in [0, 0.05) is 18.4 Å². The molecular weight excluding hydrogens is 264 g/mol. The van der Waals surface area contributed by atoms with Crippen molar-refractivity contribution in [3.63, 3.8) is 0 Å². The summed E-state index contributed by atoms with van der Waals surface area (Å²) in [6.45, 7) is 2.13. The molecule has 0 amide bonds. The van der Waals surface area contributed by atoms with E-state index in [9.17, 15) is 0 Å². The molecule has 0 aromatic carbocycles. The fourth-order valence-electron chi connectivity index (χ4n) is 2.03. The molecule has 1 saturated carbocycles. The second-order valence-corrected chi connectivity index (χ2v) is 5.26. The van der Waals surface area contributed by atoms with Crippen molar-refractivity contribution in [1.29, 1.82) is 0 Å². The molecule has 0 radical (unpaired) electrons. The van der Waals surface area contributed by atoms with Crippen LogP contribution in [0.25, 0.3) is 5.95 Å². The first kappa shape index (κ1) is 12.3. The third-order valence-electron chi connectivity index (χ3n) is 3.09. The Labute approximate surface area is 116 Å². The third kappa shape index (κ3) is 3.20. The molecule has 0 bridgehead atoms. The predicted molar refractivity (Wildman–Crippen MR) is 72.4 cm³/mol. The second-order valence-electron chi connectivity index (χ2n) is 4.92. The summed E-state index contributed by atoms with van der Waals surface area (Å²) < 4.78 is 1.70. The van der Waals surface area contributed by atoms with Crippen LogP contribution in [0.3, 0.4) is 0 Å². The summed E-state index contributed by atoms with van der Waals surface area (Å²) in [7, 11) is 0. The minimum atomic E-state index is 0.180. The van der Waals surface area contributed by atoms with Gasteiger partial charge >= 0.3 is 0 Å². The van der Waals surface area contributed by atoms with E-state index < -0.39 is 0 Å². The van der Waals surface area contributed by atoms with Gasteiger partial charge in [-0.1, -0.05) is 12.8 Å². The van der Waals surface area contributed by atoms with Gasteiger partial charge in [-0.05, 0) is 30.9 Å². The van der Waals surface area contributed by atoms with E-state index in [1.165, 1.54) is 12.8 Å². The SMILES string of the molecule is CC(CC1CC1)Nc1nc(Cl)nc(-n2ccnc2)n1. The number of anilines is 1. The van der Waals surface area contributed by atoms with Gasteiger partial charge in [0.2, 0.25) is 17.2 Å². The van der Waals surface area contributed by atoms with Gasteiger partial charge in [0.25, 0.3) is 0 Å². The largest absolute Gasteiger partial charge is 0.352 e. The average Bonchev–Trinajstić information content (AvgIpc) is 2.99. The minimum Gasteiger partial charge on any atom is -0.352 e. The van der Waals surface area contributed by atoms with Gasteiger partial charge in [0.05, 0.1) is 0 Å². The molecule has 0 saturated heterocycles. The Morgan fingerprint density at radius 2 is 2.26 bits per heavy atom. The van der Waals surface area contributed by atoms with Crippen molar-refractivity contribution < 1.29 is 0 Å². The summed E-state index contributed by atoms with van der Waals surface area (Å²) in [4.78, 5) is 16.5. The van der Waals surface area contributed by atoms with E-state index in [1.807, 2.05) is 0 Å². The van der Waals surface area contributed by atoms with Gasteiger partial charge in [0.15, 0.2) is 0 Å². The zero-order valence-electron chi connectivity index (χ0n) is 10.6. The monoisotopic (exact) mass is 278 g/mol. The summed E-state index contributed by atoms with van der Waals surface area (Å²) in [6.07, 6.45) is 8.88. The van der Waals surface area contributed by atoms with Crippen LogP contribution in [-0.4, -0.2) is 30.5 Å². The highest BCUT2D eigenvalue weighted by molar-refractivity contribution is 6.28. The average molecular weight is 279 g/mol. The maximum Gasteiger partial charge on any atom is 0.241 e. The topological polar surface area (TPSA) is 68.5 Å². The molecule has 3 rings (SSSR count). The molecular formula is C12H15ClN6. The lowest BCUT2D eigenvalue weighted by Gasteiger charge is -2.13. The first-order valence-corrected chi connectivity index (χ1v) is 6.75. The summed E-state index contributed by atoms with van der Waals surface area (Å²) >= 11 is 5.93. The van der Waals surface area contributed by atoms with Crippen molar-refractivity contribution in [3.8, 4) is 5.95 Å². The number of nitrogens with one attached hydrogen (secondary N) is 1. The van der Waals surface area contributed by atoms with Crippen LogP contribution < -0.4 is 5.32 Å². The number of imidazole rings is 1. The molecule has 100 valence electrons. The molecule has 1 aliphatic carbocycles. The van der Waals surface area contributed by atoms with Crippen molar-refractivity contribution in [1.82, 2.24) is 24.5 Å². The van der Waals surface area contributed by atoms with E-state index in [4.69, 9.17) is 11.6 Å². The molecule has 6 nitrogen and oxygen atoms in total. The van der Waals surface area contributed by atoms with Crippen molar-refractivity contribution >= 4 is 17.5 Å². The van der Waals surface area contributed by atoms with E-state index in [1.54, 1.807) is 23.3 Å². The second kappa shape index (κ2) is 5.13. The number of rotatable bonds is 5. The van der Waals surface area contributed by atoms with Crippen LogP contribution in [0.15, 0.2) is 18.7 Å². The Morgan fingerprint density at radius 1 is 1.42 bits per heavy atom. The van der Waals surface area contributed by atoms with Crippen LogP contribution in [0.4, 0.5) is 5.95 Å². The van der Waals surface area contributed by atoms with E-state index in [2.05, 4.69) is 32.2 Å². The molecule has 19 heavy (non-hydrogen) atoms. The Hall–Kier alpha value is -1.69. The highest BCUT2D eigenvalue weighted by Crippen LogP contribution is 2.33. The summed E-state index contributed by atoms with van der Waals surface area (Å²) in [5, 5.41) is 3.46. The van der Waals surface area contributed by atoms with Crippen molar-refractivity contribution in [2.75, 3.05) is 5.32 Å². The highest BCUT2D eigenvalue weighted by atomic mass is 35.5. The zero-order chi connectivity index (χ0) is 13.2. The third-order valence-corrected chi connectivity index (χ3v) is 3.26. The molecule has 1 atom stereocenters. The Balaban J connectivity index is 1.77. The van der Waals surface area contributed by atoms with Gasteiger partial charge < -0.3 is 5.32 Å². The van der Waals surface area contributed by atoms with Crippen LogP contribution in [0.5, 0.6) is 0 Å². The quantitative estimate of drug-likeness (QED) is 0.909. The van der Waals surface area contributed by atoms with Gasteiger partial charge in [-0.25, -0.2) is 4.98 Å². The minimum absolute atomic E-state index is 0.180. The molecule has 1 fully saturated rings. The maximum absolute atomic E-state index is 5.93. The number of aromatic nitrogens is 5. The Morgan fingerprint density at radius 3 is 2.95 bits per heavy atom. The predicted octanol–water partition coefficient (Wildman–Crippen LogP) is 2.31.